The van der Waals surface area contributed by atoms with E-state index in [1.54, 1.807) is 36.4 Å². The van der Waals surface area contributed by atoms with Crippen molar-refractivity contribution in [2.45, 2.75) is 38.9 Å². The third-order valence-corrected chi connectivity index (χ3v) is 9.86. The molecule has 1 aliphatic rings. The first-order valence-electron chi connectivity index (χ1n) is 17.1. The second kappa shape index (κ2) is 17.3. The Morgan fingerprint density at radius 2 is 0.983 bits per heavy atom. The van der Waals surface area contributed by atoms with Crippen LogP contribution in [0.15, 0.2) is 105 Å². The summed E-state index contributed by atoms with van der Waals surface area (Å²) in [6.07, 6.45) is 3.25. The maximum absolute atomic E-state index is 12.5. The summed E-state index contributed by atoms with van der Waals surface area (Å²) in [4.78, 5) is 70.6. The summed E-state index contributed by atoms with van der Waals surface area (Å²) in [6.45, 7) is 7.82. The fourth-order valence-electron chi connectivity index (χ4n) is 5.44. The molecule has 4 heterocycles. The van der Waals surface area contributed by atoms with Gasteiger partial charge < -0.3 is 46.8 Å². The molecule has 0 amide bonds. The van der Waals surface area contributed by atoms with Gasteiger partial charge in [0.2, 0.25) is 16.3 Å². The summed E-state index contributed by atoms with van der Waals surface area (Å²) in [7, 11) is 1.29. The van der Waals surface area contributed by atoms with E-state index >= 15 is 0 Å². The van der Waals surface area contributed by atoms with Crippen LogP contribution in [0.2, 0.25) is 0 Å². The number of esters is 3. The molecule has 1 saturated heterocycles. The number of methoxy groups -OCH3 is 3. The van der Waals surface area contributed by atoms with Crippen LogP contribution in [0, 0.1) is 0 Å². The Hall–Kier alpha value is -5.85. The normalized spacial score (nSPS) is 13.9. The number of hydrogen-bond acceptors (Lipinski definition) is 16. The van der Waals surface area contributed by atoms with Gasteiger partial charge in [-0.2, -0.15) is 0 Å². The molecule has 0 spiro atoms. The first-order chi connectivity index (χ1) is 27.3. The lowest BCUT2D eigenvalue weighted by Gasteiger charge is -2.32. The summed E-state index contributed by atoms with van der Waals surface area (Å²) in [5, 5.41) is 18.8. The van der Waals surface area contributed by atoms with Crippen LogP contribution in [0.5, 0.6) is 0 Å². The summed E-state index contributed by atoms with van der Waals surface area (Å²) in [5.41, 5.74) is -0.977. The third-order valence-electron chi connectivity index (χ3n) is 9.37. The van der Waals surface area contributed by atoms with Crippen LogP contribution in [0.4, 0.5) is 0 Å². The zero-order valence-electron chi connectivity index (χ0n) is 32.1. The highest BCUT2D eigenvalue weighted by molar-refractivity contribution is 9.10. The molecular formula is C39H35B2BrO16. The molecule has 0 saturated carbocycles. The smallest absolute Gasteiger partial charge is 0.465 e. The molecule has 0 bridgehead atoms. The lowest BCUT2D eigenvalue weighted by Crippen LogP contribution is -2.41. The lowest BCUT2D eigenvalue weighted by atomic mass is 9.78. The van der Waals surface area contributed by atoms with E-state index in [0.29, 0.717) is 22.0 Å². The minimum atomic E-state index is -1.70. The molecule has 7 rings (SSSR count). The zero-order valence-corrected chi connectivity index (χ0v) is 33.7. The second-order valence-electron chi connectivity index (χ2n) is 13.5. The van der Waals surface area contributed by atoms with Gasteiger partial charge in [0.15, 0.2) is 0 Å². The fourth-order valence-corrected chi connectivity index (χ4v) is 5.80. The van der Waals surface area contributed by atoms with Crippen LogP contribution in [0.1, 0.15) is 58.8 Å². The molecule has 1 aliphatic heterocycles. The van der Waals surface area contributed by atoms with Gasteiger partial charge >= 0.3 is 32.1 Å². The number of carbonyl (C=O) groups excluding carboxylic acids is 3. The molecule has 0 radical (unpaired) electrons. The van der Waals surface area contributed by atoms with Crippen molar-refractivity contribution in [3.63, 3.8) is 0 Å². The Balaban J connectivity index is 0.000000170. The van der Waals surface area contributed by atoms with Crippen molar-refractivity contribution in [1.29, 1.82) is 0 Å². The van der Waals surface area contributed by atoms with Crippen LogP contribution < -0.4 is 27.2 Å². The van der Waals surface area contributed by atoms with Gasteiger partial charge in [0.25, 0.3) is 0 Å². The maximum atomic E-state index is 12.5. The summed E-state index contributed by atoms with van der Waals surface area (Å²) >= 11 is 3.25. The molecule has 3 aromatic carbocycles. The third kappa shape index (κ3) is 8.83. The number of ether oxygens (including phenoxy) is 3. The van der Waals surface area contributed by atoms with E-state index in [1.807, 2.05) is 27.7 Å². The molecule has 0 atom stereocenters. The largest absolute Gasteiger partial charge is 0.494 e. The van der Waals surface area contributed by atoms with Crippen LogP contribution >= 0.6 is 15.9 Å². The van der Waals surface area contributed by atoms with Gasteiger partial charge in [-0.3, -0.25) is 14.4 Å². The average molecular weight is 861 g/mol. The van der Waals surface area contributed by atoms with E-state index < -0.39 is 59.6 Å². The van der Waals surface area contributed by atoms with Gasteiger partial charge in [0, 0.05) is 4.47 Å². The highest BCUT2D eigenvalue weighted by Crippen LogP contribution is 2.36. The monoisotopic (exact) mass is 860 g/mol. The molecule has 300 valence electrons. The molecule has 3 aromatic heterocycles. The SMILES string of the molecule is COC(=O)c1coc2ccc(B(O)O)cc2c1=O.COC(=O)c1coc2ccc(B3OC(C)(C)C(C)(C)O3)cc2c1=O.COC(=O)c1coc2ccc(Br)cc2c1=O. The zero-order chi connectivity index (χ0) is 42.7. The van der Waals surface area contributed by atoms with Gasteiger partial charge in [-0.05, 0) is 81.1 Å². The van der Waals surface area contributed by atoms with Crippen molar-refractivity contribution in [1.82, 2.24) is 0 Å². The van der Waals surface area contributed by atoms with Gasteiger partial charge in [-0.25, -0.2) is 14.4 Å². The van der Waals surface area contributed by atoms with Crippen molar-refractivity contribution in [3.8, 4) is 0 Å². The number of hydrogen-bond donors (Lipinski definition) is 2. The lowest BCUT2D eigenvalue weighted by molar-refractivity contribution is 0.00578. The molecule has 16 nitrogen and oxygen atoms in total. The predicted molar refractivity (Wildman–Crippen MR) is 215 cm³/mol. The second-order valence-corrected chi connectivity index (χ2v) is 14.4. The van der Waals surface area contributed by atoms with Crippen molar-refractivity contribution in [3.05, 3.63) is 125 Å². The Morgan fingerprint density at radius 1 is 0.603 bits per heavy atom. The van der Waals surface area contributed by atoms with Gasteiger partial charge in [-0.15, -0.1) is 0 Å². The Morgan fingerprint density at radius 3 is 1.40 bits per heavy atom. The van der Waals surface area contributed by atoms with Crippen LogP contribution in [0.25, 0.3) is 32.9 Å². The first-order valence-corrected chi connectivity index (χ1v) is 17.9. The summed E-state index contributed by atoms with van der Waals surface area (Å²) in [6, 6.07) is 14.2. The van der Waals surface area contributed by atoms with Crippen molar-refractivity contribution < 1.29 is 61.2 Å². The van der Waals surface area contributed by atoms with Crippen molar-refractivity contribution in [2.75, 3.05) is 21.3 Å². The Kier molecular flexibility index (Phi) is 12.9. The van der Waals surface area contributed by atoms with E-state index in [0.717, 1.165) is 30.4 Å². The van der Waals surface area contributed by atoms with Crippen LogP contribution in [0.3, 0.4) is 0 Å². The van der Waals surface area contributed by atoms with Crippen LogP contribution in [-0.4, -0.2) is 74.7 Å². The number of carbonyl (C=O) groups is 3. The molecule has 2 N–H and O–H groups in total. The molecular weight excluding hydrogens is 826 g/mol. The number of benzene rings is 3. The minimum Gasteiger partial charge on any atom is -0.465 e. The number of halogens is 1. The van der Waals surface area contributed by atoms with E-state index in [4.69, 9.17) is 32.6 Å². The van der Waals surface area contributed by atoms with E-state index in [-0.39, 0.29) is 38.5 Å². The highest BCUT2D eigenvalue weighted by Gasteiger charge is 2.51. The van der Waals surface area contributed by atoms with Gasteiger partial charge in [0.1, 0.15) is 52.2 Å². The Bertz CT molecular complexity index is 2720. The van der Waals surface area contributed by atoms with E-state index in [9.17, 15) is 28.8 Å². The fraction of sp³-hybridized carbons (Fsp3) is 0.231. The number of fused-ring (bicyclic) bond motifs is 3. The molecule has 19 heteroatoms. The van der Waals surface area contributed by atoms with E-state index in [1.165, 1.54) is 32.4 Å². The first kappa shape index (κ1) is 43.3. The minimum absolute atomic E-state index is 0.0866. The molecule has 1 fully saturated rings. The molecule has 58 heavy (non-hydrogen) atoms. The molecule has 6 aromatic rings. The van der Waals surface area contributed by atoms with Crippen molar-refractivity contribution in [2.24, 2.45) is 0 Å². The summed E-state index contributed by atoms with van der Waals surface area (Å²) < 4.78 is 41.9. The quantitative estimate of drug-likeness (QED) is 0.144. The van der Waals surface area contributed by atoms with Gasteiger partial charge in [-0.1, -0.05) is 28.1 Å². The van der Waals surface area contributed by atoms with Gasteiger partial charge in [0.05, 0.1) is 48.7 Å². The van der Waals surface area contributed by atoms with Crippen molar-refractivity contribution >= 4 is 91.9 Å². The van der Waals surface area contributed by atoms with Crippen LogP contribution in [-0.2, 0) is 23.5 Å². The standard InChI is InChI=1S/C17H19BO6.C11H9BO6.C11H7BrO4/c1-16(2)17(3,4)24-18(23-16)10-6-7-13-11(8-10)14(19)12(9-22-13)15(20)21-5;1-17-11(14)8-5-18-9-3-2-6(12(15)16)4-7(9)10(8)13;1-15-11(14)8-5-16-9-3-2-6(12)4-7(9)10(8)13/h6-9H,1-5H3;2-5,15-16H,1H3;2-5H,1H3. The number of rotatable bonds is 5. The topological polar surface area (TPSA) is 228 Å². The van der Waals surface area contributed by atoms with E-state index in [2.05, 4.69) is 30.1 Å². The predicted octanol–water partition coefficient (Wildman–Crippen LogP) is 3.48. The Labute approximate surface area is 337 Å². The molecule has 0 unspecified atom stereocenters. The highest BCUT2D eigenvalue weighted by atomic mass is 79.9. The molecule has 0 aliphatic carbocycles. The average Bonchev–Trinajstić information content (AvgIpc) is 3.43. The summed E-state index contributed by atoms with van der Waals surface area (Å²) in [5.74, 6) is -2.23. The maximum Gasteiger partial charge on any atom is 0.494 e.